The van der Waals surface area contributed by atoms with Crippen molar-refractivity contribution in [2.45, 2.75) is 45.3 Å². The lowest BCUT2D eigenvalue weighted by Gasteiger charge is -2.33. The maximum Gasteiger partial charge on any atom is 0.410 e. The number of ether oxygens (including phenoxy) is 2. The minimum atomic E-state index is -3.35. The number of rotatable bonds is 5. The third-order valence-electron chi connectivity index (χ3n) is 5.25. The van der Waals surface area contributed by atoms with Gasteiger partial charge in [-0.25, -0.2) is 23.2 Å². The Hall–Kier alpha value is -3.34. The number of hydrogen-bond acceptors (Lipinski definition) is 7. The minimum absolute atomic E-state index is 0.0625. The second-order valence-corrected chi connectivity index (χ2v) is 11.1. The molecule has 10 nitrogen and oxygen atoms in total. The van der Waals surface area contributed by atoms with Crippen LogP contribution in [0, 0.1) is 0 Å². The van der Waals surface area contributed by atoms with Crippen molar-refractivity contribution in [3.05, 3.63) is 42.9 Å². The summed E-state index contributed by atoms with van der Waals surface area (Å²) in [5, 5.41) is 0.865. The molecule has 0 atom stereocenters. The SMILES string of the molecule is CC(C)(C)OC(=O)N1CCC(Oc2cc(-n3ccc4cc(NS(C)(=O)=O)ccc43)ncn2)CC1. The van der Waals surface area contributed by atoms with E-state index >= 15 is 0 Å². The standard InChI is InChI=1S/C23H29N5O5S/c1-23(2,3)33-22(29)27-10-8-18(9-11-27)32-21-14-20(24-15-25-21)28-12-7-16-13-17(5-6-19(16)28)26-34(4,30)31/h5-7,12-15,18,26H,8-11H2,1-4H3. The normalized spacial score (nSPS) is 15.4. The number of carbonyl (C=O) groups is 1. The Balaban J connectivity index is 1.43. The van der Waals surface area contributed by atoms with E-state index in [1.807, 2.05) is 43.7 Å². The summed E-state index contributed by atoms with van der Waals surface area (Å²) in [7, 11) is -3.35. The summed E-state index contributed by atoms with van der Waals surface area (Å²) >= 11 is 0. The van der Waals surface area contributed by atoms with Crippen LogP contribution in [0.3, 0.4) is 0 Å². The number of aromatic nitrogens is 3. The zero-order chi connectivity index (χ0) is 24.5. The van der Waals surface area contributed by atoms with Crippen molar-refractivity contribution in [1.82, 2.24) is 19.4 Å². The molecule has 3 heterocycles. The Morgan fingerprint density at radius 2 is 1.85 bits per heavy atom. The molecule has 0 bridgehead atoms. The number of benzene rings is 1. The van der Waals surface area contributed by atoms with Gasteiger partial charge in [0, 0.05) is 49.3 Å². The summed E-state index contributed by atoms with van der Waals surface area (Å²) in [5.74, 6) is 1.09. The molecule has 0 radical (unpaired) electrons. The van der Waals surface area contributed by atoms with Crippen LogP contribution in [0.25, 0.3) is 16.7 Å². The first kappa shape index (κ1) is 23.8. The third-order valence-corrected chi connectivity index (χ3v) is 5.86. The van der Waals surface area contributed by atoms with E-state index in [0.717, 1.165) is 17.2 Å². The highest BCUT2D eigenvalue weighted by molar-refractivity contribution is 7.92. The molecule has 1 aliphatic rings. The van der Waals surface area contributed by atoms with Crippen LogP contribution in [-0.4, -0.2) is 65.0 Å². The summed E-state index contributed by atoms with van der Waals surface area (Å²) in [6, 6.07) is 8.96. The third kappa shape index (κ3) is 5.96. The second-order valence-electron chi connectivity index (χ2n) is 9.33. The van der Waals surface area contributed by atoms with Crippen LogP contribution in [0.5, 0.6) is 5.88 Å². The molecule has 0 spiro atoms. The van der Waals surface area contributed by atoms with Crippen LogP contribution >= 0.6 is 0 Å². The van der Waals surface area contributed by atoms with Crippen molar-refractivity contribution in [2.75, 3.05) is 24.1 Å². The van der Waals surface area contributed by atoms with E-state index in [2.05, 4.69) is 14.7 Å². The van der Waals surface area contributed by atoms with E-state index in [4.69, 9.17) is 9.47 Å². The van der Waals surface area contributed by atoms with Gasteiger partial charge in [-0.3, -0.25) is 4.72 Å². The molecule has 1 aliphatic heterocycles. The first-order chi connectivity index (χ1) is 16.0. The predicted octanol–water partition coefficient (Wildman–Crippen LogP) is 3.57. The quantitative estimate of drug-likeness (QED) is 0.585. The van der Waals surface area contributed by atoms with Crippen molar-refractivity contribution in [3.63, 3.8) is 0 Å². The zero-order valence-corrected chi connectivity index (χ0v) is 20.5. The lowest BCUT2D eigenvalue weighted by molar-refractivity contribution is 0.0123. The molecule has 1 aromatic carbocycles. The molecule has 0 aliphatic carbocycles. The van der Waals surface area contributed by atoms with Gasteiger partial charge in [0.05, 0.1) is 11.8 Å². The predicted molar refractivity (Wildman–Crippen MR) is 129 cm³/mol. The van der Waals surface area contributed by atoms with Gasteiger partial charge in [0.2, 0.25) is 15.9 Å². The molecule has 0 saturated carbocycles. The monoisotopic (exact) mass is 487 g/mol. The number of piperidine rings is 1. The van der Waals surface area contributed by atoms with Crippen LogP contribution in [-0.2, 0) is 14.8 Å². The van der Waals surface area contributed by atoms with Gasteiger partial charge in [0.25, 0.3) is 0 Å². The Morgan fingerprint density at radius 3 is 2.53 bits per heavy atom. The number of sulfonamides is 1. The van der Waals surface area contributed by atoms with Crippen molar-refractivity contribution in [1.29, 1.82) is 0 Å². The highest BCUT2D eigenvalue weighted by atomic mass is 32.2. The molecule has 34 heavy (non-hydrogen) atoms. The Labute approximate surface area is 198 Å². The minimum Gasteiger partial charge on any atom is -0.474 e. The van der Waals surface area contributed by atoms with E-state index in [9.17, 15) is 13.2 Å². The van der Waals surface area contributed by atoms with Gasteiger partial charge in [0.15, 0.2) is 0 Å². The number of carbonyl (C=O) groups excluding carboxylic acids is 1. The molecule has 1 fully saturated rings. The molecule has 1 N–H and O–H groups in total. The average Bonchev–Trinajstić information content (AvgIpc) is 3.15. The number of anilines is 1. The van der Waals surface area contributed by atoms with Crippen molar-refractivity contribution < 1.29 is 22.7 Å². The molecule has 4 rings (SSSR count). The molecule has 1 saturated heterocycles. The van der Waals surface area contributed by atoms with E-state index in [1.165, 1.54) is 6.33 Å². The molecule has 1 amide bonds. The fraction of sp³-hybridized carbons (Fsp3) is 0.435. The van der Waals surface area contributed by atoms with Crippen molar-refractivity contribution in [2.24, 2.45) is 0 Å². The lowest BCUT2D eigenvalue weighted by Crippen LogP contribution is -2.44. The van der Waals surface area contributed by atoms with Crippen LogP contribution < -0.4 is 9.46 Å². The summed E-state index contributed by atoms with van der Waals surface area (Å²) in [6.07, 6.45) is 5.43. The van der Waals surface area contributed by atoms with Gasteiger partial charge >= 0.3 is 6.09 Å². The van der Waals surface area contributed by atoms with Crippen LogP contribution in [0.1, 0.15) is 33.6 Å². The van der Waals surface area contributed by atoms with Gasteiger partial charge in [0.1, 0.15) is 23.9 Å². The highest BCUT2D eigenvalue weighted by Gasteiger charge is 2.28. The summed E-state index contributed by atoms with van der Waals surface area (Å²) < 4.78 is 38.9. The fourth-order valence-electron chi connectivity index (χ4n) is 3.80. The Kier molecular flexibility index (Phi) is 6.39. The molecule has 0 unspecified atom stereocenters. The van der Waals surface area contributed by atoms with Gasteiger partial charge in [-0.1, -0.05) is 0 Å². The number of hydrogen-bond donors (Lipinski definition) is 1. The van der Waals surface area contributed by atoms with E-state index in [-0.39, 0.29) is 12.2 Å². The number of nitrogens with zero attached hydrogens (tertiary/aromatic N) is 4. The number of nitrogens with one attached hydrogen (secondary N) is 1. The summed E-state index contributed by atoms with van der Waals surface area (Å²) in [6.45, 7) is 6.68. The van der Waals surface area contributed by atoms with Crippen LogP contribution in [0.15, 0.2) is 42.9 Å². The van der Waals surface area contributed by atoms with Crippen LogP contribution in [0.4, 0.5) is 10.5 Å². The fourth-order valence-corrected chi connectivity index (χ4v) is 4.35. The molecule has 3 aromatic rings. The van der Waals surface area contributed by atoms with Gasteiger partial charge < -0.3 is 18.9 Å². The van der Waals surface area contributed by atoms with Gasteiger partial charge in [-0.15, -0.1) is 0 Å². The first-order valence-electron chi connectivity index (χ1n) is 11.0. The molecule has 182 valence electrons. The molecule has 11 heteroatoms. The maximum atomic E-state index is 12.3. The van der Waals surface area contributed by atoms with E-state index in [1.54, 1.807) is 23.1 Å². The highest BCUT2D eigenvalue weighted by Crippen LogP contribution is 2.25. The van der Waals surface area contributed by atoms with Gasteiger partial charge in [-0.05, 0) is 45.0 Å². The van der Waals surface area contributed by atoms with Gasteiger partial charge in [-0.2, -0.15) is 0 Å². The van der Waals surface area contributed by atoms with Crippen molar-refractivity contribution in [3.8, 4) is 11.7 Å². The number of fused-ring (bicyclic) bond motifs is 1. The van der Waals surface area contributed by atoms with Crippen LogP contribution in [0.2, 0.25) is 0 Å². The maximum absolute atomic E-state index is 12.3. The van der Waals surface area contributed by atoms with E-state index < -0.39 is 15.6 Å². The Morgan fingerprint density at radius 1 is 1.12 bits per heavy atom. The van der Waals surface area contributed by atoms with E-state index in [0.29, 0.717) is 43.3 Å². The average molecular weight is 488 g/mol. The Bertz CT molecular complexity index is 1290. The molecular weight excluding hydrogens is 458 g/mol. The van der Waals surface area contributed by atoms with Crippen molar-refractivity contribution >= 4 is 32.7 Å². The topological polar surface area (TPSA) is 116 Å². The summed E-state index contributed by atoms with van der Waals surface area (Å²) in [4.78, 5) is 22.6. The zero-order valence-electron chi connectivity index (χ0n) is 19.7. The smallest absolute Gasteiger partial charge is 0.410 e. The largest absolute Gasteiger partial charge is 0.474 e. The number of likely N-dealkylation sites (tertiary alicyclic amines) is 1. The molecular formula is C23H29N5O5S. The number of amides is 1. The second kappa shape index (κ2) is 9.13. The lowest BCUT2D eigenvalue weighted by atomic mass is 10.1. The first-order valence-corrected chi connectivity index (χ1v) is 12.9. The summed E-state index contributed by atoms with van der Waals surface area (Å²) in [5.41, 5.74) is 0.850. The molecule has 2 aromatic heterocycles.